The SMILES string of the molecule is COc1ccc(-c2cnn3c(SCC(=O)Nc4ccccc4F)cc(C)nc23)cc1. The van der Waals surface area contributed by atoms with Gasteiger partial charge in [-0.05, 0) is 42.8 Å². The van der Waals surface area contributed by atoms with Gasteiger partial charge in [0.25, 0.3) is 0 Å². The minimum atomic E-state index is -0.464. The van der Waals surface area contributed by atoms with Crippen LogP contribution in [0.1, 0.15) is 5.69 Å². The number of aryl methyl sites for hydroxylation is 1. The van der Waals surface area contributed by atoms with E-state index in [9.17, 15) is 9.18 Å². The van der Waals surface area contributed by atoms with Crippen LogP contribution < -0.4 is 10.1 Å². The molecule has 1 N–H and O–H groups in total. The number of nitrogens with one attached hydrogen (secondary N) is 1. The maximum Gasteiger partial charge on any atom is 0.234 e. The second-order valence-electron chi connectivity index (χ2n) is 6.57. The van der Waals surface area contributed by atoms with Crippen molar-refractivity contribution in [2.24, 2.45) is 0 Å². The van der Waals surface area contributed by atoms with Crippen LogP contribution in [0.5, 0.6) is 5.75 Å². The number of fused-ring (bicyclic) bond motifs is 1. The van der Waals surface area contributed by atoms with Crippen molar-refractivity contribution in [2.45, 2.75) is 11.9 Å². The number of thioether (sulfide) groups is 1. The van der Waals surface area contributed by atoms with Gasteiger partial charge in [0.2, 0.25) is 5.91 Å². The number of ether oxygens (including phenoxy) is 1. The summed E-state index contributed by atoms with van der Waals surface area (Å²) in [6.07, 6.45) is 1.76. The van der Waals surface area contributed by atoms with Crippen LogP contribution in [0, 0.1) is 12.7 Å². The molecule has 2 heterocycles. The van der Waals surface area contributed by atoms with E-state index in [2.05, 4.69) is 15.4 Å². The molecule has 0 bridgehead atoms. The number of anilines is 1. The number of hydrogen-bond donors (Lipinski definition) is 1. The molecular weight excluding hydrogens is 403 g/mol. The molecule has 0 fully saturated rings. The molecule has 30 heavy (non-hydrogen) atoms. The number of carbonyl (C=O) groups is 1. The standard InChI is InChI=1S/C22H19FN4O2S/c1-14-11-21(30-13-20(28)26-19-6-4-3-5-18(19)23)27-22(25-14)17(12-24-27)15-7-9-16(29-2)10-8-15/h3-12H,13H2,1-2H3,(H,26,28). The van der Waals surface area contributed by atoms with Gasteiger partial charge in [0.05, 0.1) is 24.7 Å². The maximum absolute atomic E-state index is 13.7. The van der Waals surface area contributed by atoms with Crippen LogP contribution in [0.25, 0.3) is 16.8 Å². The summed E-state index contributed by atoms with van der Waals surface area (Å²) in [7, 11) is 1.63. The molecule has 8 heteroatoms. The third-order valence-electron chi connectivity index (χ3n) is 4.47. The van der Waals surface area contributed by atoms with Gasteiger partial charge < -0.3 is 10.1 Å². The fourth-order valence-corrected chi connectivity index (χ4v) is 3.88. The number of halogens is 1. The molecule has 0 atom stereocenters. The molecule has 0 aliphatic rings. The predicted octanol–water partition coefficient (Wildman–Crippen LogP) is 4.58. The molecule has 0 aliphatic carbocycles. The van der Waals surface area contributed by atoms with Crippen molar-refractivity contribution in [2.75, 3.05) is 18.2 Å². The lowest BCUT2D eigenvalue weighted by atomic mass is 10.1. The first-order valence-corrected chi connectivity index (χ1v) is 10.2. The first kappa shape index (κ1) is 19.9. The Bertz CT molecular complexity index is 1210. The van der Waals surface area contributed by atoms with Crippen LogP contribution in [-0.2, 0) is 4.79 Å². The average Bonchev–Trinajstić information content (AvgIpc) is 3.17. The van der Waals surface area contributed by atoms with Crippen molar-refractivity contribution in [3.63, 3.8) is 0 Å². The highest BCUT2D eigenvalue weighted by molar-refractivity contribution is 7.99. The van der Waals surface area contributed by atoms with Gasteiger partial charge >= 0.3 is 0 Å². The van der Waals surface area contributed by atoms with Crippen molar-refractivity contribution in [3.8, 4) is 16.9 Å². The largest absolute Gasteiger partial charge is 0.497 e. The fraction of sp³-hybridized carbons (Fsp3) is 0.136. The van der Waals surface area contributed by atoms with Crippen molar-refractivity contribution < 1.29 is 13.9 Å². The average molecular weight is 422 g/mol. The number of para-hydroxylation sites is 1. The molecule has 0 saturated heterocycles. The summed E-state index contributed by atoms with van der Waals surface area (Å²) in [6.45, 7) is 1.90. The molecule has 1 amide bonds. The lowest BCUT2D eigenvalue weighted by Crippen LogP contribution is -2.15. The lowest BCUT2D eigenvalue weighted by Gasteiger charge is -2.08. The summed E-state index contributed by atoms with van der Waals surface area (Å²) in [5.41, 5.74) is 3.54. The Hall–Kier alpha value is -3.39. The Kier molecular flexibility index (Phi) is 5.67. The van der Waals surface area contributed by atoms with E-state index in [1.165, 1.54) is 23.9 Å². The number of benzene rings is 2. The molecule has 4 aromatic rings. The predicted molar refractivity (Wildman–Crippen MR) is 115 cm³/mol. The number of hydrogen-bond acceptors (Lipinski definition) is 5. The number of nitrogens with zero attached hydrogens (tertiary/aromatic N) is 3. The molecule has 0 unspecified atom stereocenters. The highest BCUT2D eigenvalue weighted by Crippen LogP contribution is 2.29. The number of carbonyl (C=O) groups excluding carboxylic acids is 1. The topological polar surface area (TPSA) is 68.5 Å². The molecule has 152 valence electrons. The van der Waals surface area contributed by atoms with E-state index >= 15 is 0 Å². The zero-order valence-electron chi connectivity index (χ0n) is 16.4. The normalized spacial score (nSPS) is 10.9. The Labute approximate surface area is 177 Å². The van der Waals surface area contributed by atoms with Crippen molar-refractivity contribution in [3.05, 3.63) is 72.3 Å². The Morgan fingerprint density at radius 3 is 2.70 bits per heavy atom. The van der Waals surface area contributed by atoms with Crippen LogP contribution in [0.4, 0.5) is 10.1 Å². The van der Waals surface area contributed by atoms with E-state index in [4.69, 9.17) is 4.74 Å². The highest BCUT2D eigenvalue weighted by atomic mass is 32.2. The highest BCUT2D eigenvalue weighted by Gasteiger charge is 2.14. The monoisotopic (exact) mass is 422 g/mol. The Balaban J connectivity index is 1.56. The van der Waals surface area contributed by atoms with E-state index in [1.54, 1.807) is 30.0 Å². The number of rotatable bonds is 6. The summed E-state index contributed by atoms with van der Waals surface area (Å²) in [6, 6.07) is 15.6. The quantitative estimate of drug-likeness (QED) is 0.364. The van der Waals surface area contributed by atoms with Gasteiger partial charge in [-0.15, -0.1) is 0 Å². The van der Waals surface area contributed by atoms with Crippen LogP contribution >= 0.6 is 11.8 Å². The van der Waals surface area contributed by atoms with Gasteiger partial charge in [0.1, 0.15) is 16.6 Å². The molecule has 0 spiro atoms. The molecule has 4 rings (SSSR count). The Morgan fingerprint density at radius 2 is 1.97 bits per heavy atom. The molecule has 6 nitrogen and oxygen atoms in total. The number of methoxy groups -OCH3 is 1. The first-order valence-electron chi connectivity index (χ1n) is 9.22. The lowest BCUT2D eigenvalue weighted by molar-refractivity contribution is -0.113. The molecule has 0 radical (unpaired) electrons. The van der Waals surface area contributed by atoms with E-state index in [0.29, 0.717) is 5.65 Å². The van der Waals surface area contributed by atoms with Gasteiger partial charge in [-0.1, -0.05) is 36.0 Å². The third kappa shape index (κ3) is 4.13. The molecule has 0 aliphatic heterocycles. The van der Waals surface area contributed by atoms with Gasteiger partial charge in [0.15, 0.2) is 5.65 Å². The van der Waals surface area contributed by atoms with Crippen molar-refractivity contribution in [1.82, 2.24) is 14.6 Å². The molecule has 2 aromatic heterocycles. The Morgan fingerprint density at radius 1 is 1.20 bits per heavy atom. The van der Waals surface area contributed by atoms with E-state index in [0.717, 1.165) is 27.6 Å². The van der Waals surface area contributed by atoms with Crippen LogP contribution in [0.3, 0.4) is 0 Å². The van der Waals surface area contributed by atoms with Crippen molar-refractivity contribution in [1.29, 1.82) is 0 Å². The van der Waals surface area contributed by atoms with Gasteiger partial charge in [0, 0.05) is 11.3 Å². The molecule has 2 aromatic carbocycles. The zero-order chi connectivity index (χ0) is 21.1. The van der Waals surface area contributed by atoms with Gasteiger partial charge in [-0.25, -0.2) is 13.9 Å². The maximum atomic E-state index is 13.7. The minimum Gasteiger partial charge on any atom is -0.497 e. The van der Waals surface area contributed by atoms with Crippen LogP contribution in [-0.4, -0.2) is 33.4 Å². The summed E-state index contributed by atoms with van der Waals surface area (Å²) in [5, 5.41) is 7.84. The summed E-state index contributed by atoms with van der Waals surface area (Å²) in [4.78, 5) is 16.9. The van der Waals surface area contributed by atoms with E-state index in [1.807, 2.05) is 37.3 Å². The van der Waals surface area contributed by atoms with Crippen molar-refractivity contribution >= 4 is 29.0 Å². The van der Waals surface area contributed by atoms with Gasteiger partial charge in [-0.2, -0.15) is 5.10 Å². The number of amides is 1. The summed E-state index contributed by atoms with van der Waals surface area (Å²) >= 11 is 1.32. The van der Waals surface area contributed by atoms with Crippen LogP contribution in [0.2, 0.25) is 0 Å². The summed E-state index contributed by atoms with van der Waals surface area (Å²) in [5.74, 6) is 0.130. The zero-order valence-corrected chi connectivity index (χ0v) is 17.2. The van der Waals surface area contributed by atoms with Crippen LogP contribution in [0.15, 0.2) is 65.8 Å². The molecule has 0 saturated carbocycles. The summed E-state index contributed by atoms with van der Waals surface area (Å²) < 4.78 is 20.7. The molecular formula is C22H19FN4O2S. The first-order chi connectivity index (χ1) is 14.5. The fourth-order valence-electron chi connectivity index (χ4n) is 3.02. The smallest absolute Gasteiger partial charge is 0.234 e. The van der Waals surface area contributed by atoms with E-state index in [-0.39, 0.29) is 17.3 Å². The second kappa shape index (κ2) is 8.54. The minimum absolute atomic E-state index is 0.116. The van der Waals surface area contributed by atoms with E-state index < -0.39 is 5.82 Å². The second-order valence-corrected chi connectivity index (χ2v) is 7.57. The number of aromatic nitrogens is 3. The third-order valence-corrected chi connectivity index (χ3v) is 5.46. The van der Waals surface area contributed by atoms with Gasteiger partial charge in [-0.3, -0.25) is 4.79 Å².